The topological polar surface area (TPSA) is 79.0 Å². The van der Waals surface area contributed by atoms with E-state index in [1.54, 1.807) is 12.1 Å². The summed E-state index contributed by atoms with van der Waals surface area (Å²) < 4.78 is 0. The third kappa shape index (κ3) is 6.26. The molecule has 0 aliphatic heterocycles. The molecule has 0 heterocycles. The number of guanidine groups is 1. The molecule has 0 saturated heterocycles. The summed E-state index contributed by atoms with van der Waals surface area (Å²) in [5.74, 6) is -0.781. The SMILES string of the molecule is CCCCCCc1ccc(C(=O)NC(=N)N)cc1Cl.Cl. The van der Waals surface area contributed by atoms with Crippen molar-refractivity contribution in [1.29, 1.82) is 5.41 Å². The van der Waals surface area contributed by atoms with Crippen molar-refractivity contribution in [2.24, 2.45) is 5.73 Å². The van der Waals surface area contributed by atoms with Crippen molar-refractivity contribution in [2.45, 2.75) is 39.0 Å². The van der Waals surface area contributed by atoms with Crippen molar-refractivity contribution in [3.8, 4) is 0 Å². The number of unbranched alkanes of at least 4 members (excludes halogenated alkanes) is 3. The summed E-state index contributed by atoms with van der Waals surface area (Å²) in [6.45, 7) is 2.18. The molecule has 1 amide bonds. The van der Waals surface area contributed by atoms with Crippen molar-refractivity contribution < 1.29 is 4.79 Å². The van der Waals surface area contributed by atoms with Gasteiger partial charge < -0.3 is 5.73 Å². The fourth-order valence-corrected chi connectivity index (χ4v) is 2.10. The van der Waals surface area contributed by atoms with Gasteiger partial charge in [0.25, 0.3) is 5.91 Å². The molecule has 0 unspecified atom stereocenters. The summed E-state index contributed by atoms with van der Waals surface area (Å²) in [6.07, 6.45) is 5.66. The Balaban J connectivity index is 0.00000361. The second-order valence-electron chi connectivity index (χ2n) is 4.48. The molecular formula is C14H21Cl2N3O. The molecule has 0 bridgehead atoms. The van der Waals surface area contributed by atoms with Crippen LogP contribution in [0.3, 0.4) is 0 Å². The standard InChI is InChI=1S/C14H20ClN3O.ClH/c1-2-3-4-5-6-10-7-8-11(9-12(10)15)13(19)18-14(16)17;/h7-9H,2-6H2,1H3,(H4,16,17,18,19);1H. The lowest BCUT2D eigenvalue weighted by Crippen LogP contribution is -2.35. The van der Waals surface area contributed by atoms with Crippen LogP contribution in [0, 0.1) is 5.41 Å². The number of carbonyl (C=O) groups excluding carboxylic acids is 1. The highest BCUT2D eigenvalue weighted by Gasteiger charge is 2.09. The molecule has 4 N–H and O–H groups in total. The number of benzene rings is 1. The van der Waals surface area contributed by atoms with Gasteiger partial charge in [0.05, 0.1) is 0 Å². The molecule has 0 spiro atoms. The van der Waals surface area contributed by atoms with E-state index in [2.05, 4.69) is 12.2 Å². The van der Waals surface area contributed by atoms with Crippen molar-refractivity contribution in [3.63, 3.8) is 0 Å². The van der Waals surface area contributed by atoms with Crippen LogP contribution in [0.4, 0.5) is 0 Å². The van der Waals surface area contributed by atoms with Gasteiger partial charge in [-0.2, -0.15) is 0 Å². The van der Waals surface area contributed by atoms with Crippen molar-refractivity contribution in [1.82, 2.24) is 5.32 Å². The Kier molecular flexibility index (Phi) is 9.01. The van der Waals surface area contributed by atoms with Gasteiger partial charge in [-0.3, -0.25) is 15.5 Å². The van der Waals surface area contributed by atoms with Crippen LogP contribution in [0.5, 0.6) is 0 Å². The molecule has 0 aromatic heterocycles. The van der Waals surface area contributed by atoms with Crippen LogP contribution in [-0.4, -0.2) is 11.9 Å². The van der Waals surface area contributed by atoms with Gasteiger partial charge in [0.1, 0.15) is 0 Å². The van der Waals surface area contributed by atoms with E-state index in [0.29, 0.717) is 10.6 Å². The Hall–Kier alpha value is -1.26. The predicted octanol–water partition coefficient (Wildman–Crippen LogP) is 3.51. The number of nitrogens with two attached hydrogens (primary N) is 1. The van der Waals surface area contributed by atoms with Gasteiger partial charge in [-0.1, -0.05) is 43.9 Å². The maximum atomic E-state index is 11.6. The van der Waals surface area contributed by atoms with E-state index in [9.17, 15) is 4.79 Å². The number of aryl methyl sites for hydroxylation is 1. The fraction of sp³-hybridized carbons (Fsp3) is 0.429. The smallest absolute Gasteiger partial charge is 0.257 e. The maximum Gasteiger partial charge on any atom is 0.257 e. The molecule has 0 radical (unpaired) electrons. The number of rotatable bonds is 6. The van der Waals surface area contributed by atoms with Crippen molar-refractivity contribution in [3.05, 3.63) is 34.3 Å². The Bertz CT molecular complexity index is 464. The highest BCUT2D eigenvalue weighted by atomic mass is 35.5. The third-order valence-electron chi connectivity index (χ3n) is 2.86. The van der Waals surface area contributed by atoms with Crippen LogP contribution < -0.4 is 11.1 Å². The lowest BCUT2D eigenvalue weighted by atomic mass is 10.0. The largest absolute Gasteiger partial charge is 0.370 e. The van der Waals surface area contributed by atoms with E-state index in [1.807, 2.05) is 6.07 Å². The molecule has 1 aromatic carbocycles. The molecular weight excluding hydrogens is 297 g/mol. The molecule has 0 aliphatic rings. The second-order valence-corrected chi connectivity index (χ2v) is 4.89. The van der Waals surface area contributed by atoms with E-state index >= 15 is 0 Å². The van der Waals surface area contributed by atoms with Crippen LogP contribution in [0.1, 0.15) is 48.5 Å². The van der Waals surface area contributed by atoms with Crippen molar-refractivity contribution in [2.75, 3.05) is 0 Å². The number of hydrogen-bond donors (Lipinski definition) is 3. The van der Waals surface area contributed by atoms with Gasteiger partial charge in [-0.05, 0) is 30.5 Å². The van der Waals surface area contributed by atoms with E-state index in [-0.39, 0.29) is 18.4 Å². The van der Waals surface area contributed by atoms with Crippen LogP contribution in [0.2, 0.25) is 5.02 Å². The molecule has 0 saturated carbocycles. The maximum absolute atomic E-state index is 11.6. The normalized spacial score (nSPS) is 9.70. The summed E-state index contributed by atoms with van der Waals surface area (Å²) >= 11 is 6.16. The molecule has 20 heavy (non-hydrogen) atoms. The van der Waals surface area contributed by atoms with Gasteiger partial charge in [-0.15, -0.1) is 12.4 Å². The average Bonchev–Trinajstić information content (AvgIpc) is 2.35. The quantitative estimate of drug-likeness (QED) is 0.426. The van der Waals surface area contributed by atoms with Gasteiger partial charge in [0.2, 0.25) is 0 Å². The number of amides is 1. The Morgan fingerprint density at radius 1 is 1.35 bits per heavy atom. The minimum Gasteiger partial charge on any atom is -0.370 e. The molecule has 4 nitrogen and oxygen atoms in total. The van der Waals surface area contributed by atoms with Gasteiger partial charge in [-0.25, -0.2) is 0 Å². The summed E-state index contributed by atoms with van der Waals surface area (Å²) in [7, 11) is 0. The van der Waals surface area contributed by atoms with Crippen LogP contribution in [0.25, 0.3) is 0 Å². The van der Waals surface area contributed by atoms with E-state index < -0.39 is 5.91 Å². The monoisotopic (exact) mass is 317 g/mol. The first-order chi connectivity index (χ1) is 9.04. The molecule has 112 valence electrons. The highest BCUT2D eigenvalue weighted by molar-refractivity contribution is 6.31. The second kappa shape index (κ2) is 9.61. The first kappa shape index (κ1) is 18.7. The first-order valence-electron chi connectivity index (χ1n) is 6.48. The zero-order valence-electron chi connectivity index (χ0n) is 11.5. The zero-order valence-corrected chi connectivity index (χ0v) is 13.1. The zero-order chi connectivity index (χ0) is 14.3. The van der Waals surface area contributed by atoms with Crippen LogP contribution in [-0.2, 0) is 6.42 Å². The Morgan fingerprint density at radius 2 is 2.05 bits per heavy atom. The summed E-state index contributed by atoms with van der Waals surface area (Å²) in [5, 5.41) is 9.83. The lowest BCUT2D eigenvalue weighted by Gasteiger charge is -2.07. The summed E-state index contributed by atoms with van der Waals surface area (Å²) in [4.78, 5) is 11.6. The Morgan fingerprint density at radius 3 is 2.60 bits per heavy atom. The van der Waals surface area contributed by atoms with Gasteiger partial charge in [0, 0.05) is 10.6 Å². The molecule has 1 aromatic rings. The molecule has 1 rings (SSSR count). The summed E-state index contributed by atoms with van der Waals surface area (Å²) in [5.41, 5.74) is 6.58. The van der Waals surface area contributed by atoms with Gasteiger partial charge >= 0.3 is 0 Å². The fourth-order valence-electron chi connectivity index (χ4n) is 1.83. The van der Waals surface area contributed by atoms with Crippen LogP contribution in [0.15, 0.2) is 18.2 Å². The molecule has 0 fully saturated rings. The number of nitrogens with one attached hydrogen (secondary N) is 2. The molecule has 6 heteroatoms. The van der Waals surface area contributed by atoms with E-state index in [0.717, 1.165) is 18.4 Å². The minimum absolute atomic E-state index is 0. The average molecular weight is 318 g/mol. The lowest BCUT2D eigenvalue weighted by molar-refractivity contribution is 0.0976. The van der Waals surface area contributed by atoms with E-state index in [1.165, 1.54) is 19.3 Å². The summed E-state index contributed by atoms with van der Waals surface area (Å²) in [6, 6.07) is 5.19. The molecule has 0 atom stereocenters. The molecule has 0 aliphatic carbocycles. The first-order valence-corrected chi connectivity index (χ1v) is 6.86. The minimum atomic E-state index is -0.410. The van der Waals surface area contributed by atoms with Crippen molar-refractivity contribution >= 4 is 35.9 Å². The third-order valence-corrected chi connectivity index (χ3v) is 3.21. The number of halogens is 2. The number of hydrogen-bond acceptors (Lipinski definition) is 2. The van der Waals surface area contributed by atoms with E-state index in [4.69, 9.17) is 22.7 Å². The van der Waals surface area contributed by atoms with Gasteiger partial charge in [0.15, 0.2) is 5.96 Å². The number of carbonyl (C=O) groups is 1. The van der Waals surface area contributed by atoms with Crippen LogP contribution >= 0.6 is 24.0 Å². The highest BCUT2D eigenvalue weighted by Crippen LogP contribution is 2.20. The Labute approximate surface area is 131 Å². The predicted molar refractivity (Wildman–Crippen MR) is 85.9 cm³/mol.